The van der Waals surface area contributed by atoms with Crippen molar-refractivity contribution in [3.8, 4) is 0 Å². The molecule has 3 N–H and O–H groups in total. The number of rotatable bonds is 6. The van der Waals surface area contributed by atoms with Gasteiger partial charge in [-0.2, -0.15) is 0 Å². The highest BCUT2D eigenvalue weighted by Crippen LogP contribution is 2.25. The van der Waals surface area contributed by atoms with Crippen molar-refractivity contribution in [1.29, 1.82) is 0 Å². The predicted molar refractivity (Wildman–Crippen MR) is 97.5 cm³/mol. The van der Waals surface area contributed by atoms with Crippen molar-refractivity contribution in [3.05, 3.63) is 16.5 Å². The van der Waals surface area contributed by atoms with E-state index in [1.807, 2.05) is 0 Å². The molecule has 0 saturated heterocycles. The van der Waals surface area contributed by atoms with Crippen LogP contribution in [0.5, 0.6) is 0 Å². The molecule has 0 unspecified atom stereocenters. The summed E-state index contributed by atoms with van der Waals surface area (Å²) in [5, 5.41) is 6.28. The lowest BCUT2D eigenvalue weighted by Crippen LogP contribution is -2.42. The molecule has 0 spiro atoms. The number of hydrogen-bond acceptors (Lipinski definition) is 4. The first-order valence-corrected chi connectivity index (χ1v) is 8.91. The minimum Gasteiger partial charge on any atom is -0.355 e. The summed E-state index contributed by atoms with van der Waals surface area (Å²) in [6, 6.07) is 3.57. The summed E-state index contributed by atoms with van der Waals surface area (Å²) in [5.74, 6) is 0.700. The largest absolute Gasteiger partial charge is 0.355 e. The van der Waals surface area contributed by atoms with E-state index in [-0.39, 0.29) is 34.7 Å². The molecule has 1 fully saturated rings. The van der Waals surface area contributed by atoms with Crippen LogP contribution in [-0.4, -0.2) is 40.6 Å². The number of nitrogens with one attached hydrogen (secondary N) is 3. The average molecular weight is 465 g/mol. The van der Waals surface area contributed by atoms with Crippen molar-refractivity contribution in [1.82, 2.24) is 15.4 Å². The van der Waals surface area contributed by atoms with Crippen LogP contribution in [-0.2, 0) is 10.0 Å². The number of aliphatic imine (C=N–C) groups is 1. The third-order valence-electron chi connectivity index (χ3n) is 2.66. The molecule has 1 aromatic heterocycles. The number of nitrogens with zero attached hydrogens (tertiary/aromatic N) is 1. The highest BCUT2D eigenvalue weighted by molar-refractivity contribution is 14.0. The lowest BCUT2D eigenvalue weighted by atomic mass is 10.6. The molecule has 0 amide bonds. The summed E-state index contributed by atoms with van der Waals surface area (Å²) in [6.07, 6.45) is 2.32. The molecule has 1 aliphatic rings. The van der Waals surface area contributed by atoms with Gasteiger partial charge in [-0.3, -0.25) is 4.99 Å². The fourth-order valence-corrected chi connectivity index (χ4v) is 4.05. The maximum absolute atomic E-state index is 11.9. The molecule has 1 aromatic rings. The van der Waals surface area contributed by atoms with E-state index in [1.54, 1.807) is 13.1 Å². The summed E-state index contributed by atoms with van der Waals surface area (Å²) in [6.45, 7) is 0.744. The first-order valence-electron chi connectivity index (χ1n) is 6.23. The number of halogens is 2. The normalized spacial score (nSPS) is 15.4. The van der Waals surface area contributed by atoms with E-state index in [9.17, 15) is 8.42 Å². The van der Waals surface area contributed by atoms with Gasteiger partial charge in [0.1, 0.15) is 4.21 Å². The average Bonchev–Trinajstić information content (AvgIpc) is 3.11. The summed E-state index contributed by atoms with van der Waals surface area (Å²) in [5.41, 5.74) is 0. The van der Waals surface area contributed by atoms with Crippen molar-refractivity contribution in [2.45, 2.75) is 23.1 Å². The van der Waals surface area contributed by atoms with Gasteiger partial charge in [-0.05, 0) is 25.0 Å². The van der Waals surface area contributed by atoms with Gasteiger partial charge in [-0.25, -0.2) is 13.1 Å². The van der Waals surface area contributed by atoms with Crippen molar-refractivity contribution in [2.75, 3.05) is 20.1 Å². The summed E-state index contributed by atoms with van der Waals surface area (Å²) < 4.78 is 27.0. The molecule has 0 radical (unpaired) electrons. The minimum atomic E-state index is -3.47. The van der Waals surface area contributed by atoms with E-state index in [0.29, 0.717) is 22.9 Å². The zero-order chi connectivity index (χ0) is 14.6. The Balaban J connectivity index is 0.00000220. The molecule has 120 valence electrons. The minimum absolute atomic E-state index is 0. The lowest BCUT2D eigenvalue weighted by Gasteiger charge is -2.11. The number of thiophene rings is 1. The van der Waals surface area contributed by atoms with Crippen LogP contribution in [0.25, 0.3) is 0 Å². The second kappa shape index (κ2) is 8.51. The Hall–Kier alpha value is -0.100. The lowest BCUT2D eigenvalue weighted by molar-refractivity contribution is 0.582. The van der Waals surface area contributed by atoms with Crippen LogP contribution < -0.4 is 15.4 Å². The second-order valence-electron chi connectivity index (χ2n) is 4.37. The molecule has 2 rings (SSSR count). The zero-order valence-electron chi connectivity index (χ0n) is 11.4. The first kappa shape index (κ1) is 18.9. The molecule has 0 aliphatic heterocycles. The number of guanidine groups is 1. The molecule has 10 heteroatoms. The maximum Gasteiger partial charge on any atom is 0.250 e. The molecule has 21 heavy (non-hydrogen) atoms. The number of sulfonamides is 1. The Morgan fingerprint density at radius 1 is 1.43 bits per heavy atom. The van der Waals surface area contributed by atoms with Crippen LogP contribution in [0.2, 0.25) is 4.34 Å². The summed E-state index contributed by atoms with van der Waals surface area (Å²) in [4.78, 5) is 4.07. The first-order chi connectivity index (χ1) is 9.51. The molecular weight excluding hydrogens is 447 g/mol. The van der Waals surface area contributed by atoms with Gasteiger partial charge in [0.15, 0.2) is 5.96 Å². The fourth-order valence-electron chi connectivity index (χ4n) is 1.50. The molecule has 0 bridgehead atoms. The van der Waals surface area contributed by atoms with Crippen LogP contribution in [0, 0.1) is 0 Å². The highest BCUT2D eigenvalue weighted by Gasteiger charge is 2.22. The Kier molecular flexibility index (Phi) is 7.68. The van der Waals surface area contributed by atoms with Gasteiger partial charge in [0.25, 0.3) is 0 Å². The quantitative estimate of drug-likeness (QED) is 0.259. The van der Waals surface area contributed by atoms with Crippen LogP contribution in [0.15, 0.2) is 21.3 Å². The third-order valence-corrected chi connectivity index (χ3v) is 5.85. The highest BCUT2D eigenvalue weighted by atomic mass is 127. The van der Waals surface area contributed by atoms with Gasteiger partial charge >= 0.3 is 0 Å². The van der Waals surface area contributed by atoms with Gasteiger partial charge in [0.2, 0.25) is 10.0 Å². The van der Waals surface area contributed by atoms with E-state index in [0.717, 1.165) is 24.2 Å². The third kappa shape index (κ3) is 6.27. The predicted octanol–water partition coefficient (Wildman–Crippen LogP) is 1.63. The summed E-state index contributed by atoms with van der Waals surface area (Å²) in [7, 11) is -1.78. The second-order valence-corrected chi connectivity index (χ2v) is 8.08. The zero-order valence-corrected chi connectivity index (χ0v) is 16.1. The Morgan fingerprint density at radius 2 is 2.14 bits per heavy atom. The SMILES string of the molecule is CN=C(NCCNS(=O)(=O)c1ccc(Cl)s1)NC1CC1.I. The van der Waals surface area contributed by atoms with Gasteiger partial charge in [0, 0.05) is 26.2 Å². The number of hydrogen-bond donors (Lipinski definition) is 3. The van der Waals surface area contributed by atoms with Gasteiger partial charge in [0.05, 0.1) is 4.34 Å². The van der Waals surface area contributed by atoms with Crippen molar-refractivity contribution < 1.29 is 8.42 Å². The fraction of sp³-hybridized carbons (Fsp3) is 0.545. The van der Waals surface area contributed by atoms with Crippen LogP contribution in [0.4, 0.5) is 0 Å². The molecular formula is C11H18ClIN4O2S2. The molecule has 0 atom stereocenters. The molecule has 6 nitrogen and oxygen atoms in total. The van der Waals surface area contributed by atoms with E-state index in [1.165, 1.54) is 6.07 Å². The van der Waals surface area contributed by atoms with Gasteiger partial charge in [-0.15, -0.1) is 35.3 Å². The van der Waals surface area contributed by atoms with Crippen LogP contribution in [0.1, 0.15) is 12.8 Å². The van der Waals surface area contributed by atoms with Crippen LogP contribution in [0.3, 0.4) is 0 Å². The Bertz CT molecular complexity index is 587. The van der Waals surface area contributed by atoms with Gasteiger partial charge < -0.3 is 10.6 Å². The van der Waals surface area contributed by atoms with Crippen LogP contribution >= 0.6 is 46.9 Å². The standard InChI is InChI=1S/C11H17ClN4O2S2.HI/c1-13-11(16-8-2-3-8)14-6-7-15-20(17,18)10-5-4-9(12)19-10;/h4-5,8,15H,2-3,6-7H2,1H3,(H2,13,14,16);1H. The Morgan fingerprint density at radius 3 is 2.67 bits per heavy atom. The maximum atomic E-state index is 11.9. The van der Waals surface area contributed by atoms with E-state index in [2.05, 4.69) is 20.3 Å². The smallest absolute Gasteiger partial charge is 0.250 e. The van der Waals surface area contributed by atoms with Crippen molar-refractivity contribution in [3.63, 3.8) is 0 Å². The summed E-state index contributed by atoms with van der Waals surface area (Å²) >= 11 is 6.77. The van der Waals surface area contributed by atoms with Crippen molar-refractivity contribution >= 4 is 62.9 Å². The van der Waals surface area contributed by atoms with E-state index >= 15 is 0 Å². The van der Waals surface area contributed by atoms with Crippen molar-refractivity contribution in [2.24, 2.45) is 4.99 Å². The Labute approximate surface area is 150 Å². The molecule has 1 saturated carbocycles. The molecule has 1 aliphatic carbocycles. The van der Waals surface area contributed by atoms with E-state index < -0.39 is 10.0 Å². The van der Waals surface area contributed by atoms with Gasteiger partial charge in [-0.1, -0.05) is 11.6 Å². The molecule has 1 heterocycles. The molecule has 0 aromatic carbocycles. The monoisotopic (exact) mass is 464 g/mol. The topological polar surface area (TPSA) is 82.6 Å². The van der Waals surface area contributed by atoms with E-state index in [4.69, 9.17) is 11.6 Å².